The first-order valence-electron chi connectivity index (χ1n) is 7.50. The zero-order valence-corrected chi connectivity index (χ0v) is 14.1. The van der Waals surface area contributed by atoms with Gasteiger partial charge >= 0.3 is 6.03 Å². The Bertz CT molecular complexity index is 482. The molecule has 1 aliphatic heterocycles. The van der Waals surface area contributed by atoms with E-state index in [9.17, 15) is 4.79 Å². The van der Waals surface area contributed by atoms with Crippen LogP contribution in [0.15, 0.2) is 6.20 Å². The average Bonchev–Trinajstić information content (AvgIpc) is 3.04. The monoisotopic (exact) mass is 311 g/mol. The van der Waals surface area contributed by atoms with Gasteiger partial charge in [-0.15, -0.1) is 11.3 Å². The molecule has 1 atom stereocenters. The molecule has 1 fully saturated rings. The number of carbonyl (C=O) groups is 1. The van der Waals surface area contributed by atoms with E-state index in [1.54, 1.807) is 11.3 Å². The summed E-state index contributed by atoms with van der Waals surface area (Å²) in [6.07, 6.45) is 2.86. The molecule has 2 rings (SSSR count). The second kappa shape index (κ2) is 6.75. The highest BCUT2D eigenvalue weighted by Gasteiger charge is 2.27. The number of nitrogens with one attached hydrogen (secondary N) is 1. The van der Waals surface area contributed by atoms with Gasteiger partial charge in [-0.1, -0.05) is 20.8 Å². The molecule has 1 aromatic rings. The summed E-state index contributed by atoms with van der Waals surface area (Å²) in [6.45, 7) is 11.5. The van der Waals surface area contributed by atoms with Crippen LogP contribution in [0, 0.1) is 5.92 Å². The number of thiazole rings is 1. The van der Waals surface area contributed by atoms with Crippen LogP contribution in [-0.2, 0) is 10.2 Å². The van der Waals surface area contributed by atoms with Crippen LogP contribution in [0.5, 0.6) is 0 Å². The van der Waals surface area contributed by atoms with Crippen molar-refractivity contribution in [3.63, 3.8) is 0 Å². The molecule has 0 spiro atoms. The smallest absolute Gasteiger partial charge is 0.323 e. The summed E-state index contributed by atoms with van der Waals surface area (Å²) >= 11 is 1.55. The lowest BCUT2D eigenvalue weighted by Gasteiger charge is -2.16. The molecule has 0 aliphatic carbocycles. The number of ether oxygens (including phenoxy) is 1. The standard InChI is InChI=1S/C15H25N3O2S/c1-5-20-10-11-6-7-18(9-11)14(19)17-13-16-8-12(21-13)15(2,3)4/h8,11H,5-7,9-10H2,1-4H3,(H,16,17,19). The van der Waals surface area contributed by atoms with E-state index in [1.165, 1.54) is 4.88 Å². The predicted octanol–water partition coefficient (Wildman–Crippen LogP) is 3.33. The number of aromatic nitrogens is 1. The van der Waals surface area contributed by atoms with Crippen LogP contribution in [-0.4, -0.2) is 42.2 Å². The van der Waals surface area contributed by atoms with E-state index in [0.29, 0.717) is 11.0 Å². The Hall–Kier alpha value is -1.14. The molecule has 118 valence electrons. The first-order chi connectivity index (χ1) is 9.90. The highest BCUT2D eigenvalue weighted by Crippen LogP contribution is 2.30. The maximum atomic E-state index is 12.2. The van der Waals surface area contributed by atoms with E-state index in [-0.39, 0.29) is 11.4 Å². The van der Waals surface area contributed by atoms with E-state index in [4.69, 9.17) is 4.74 Å². The number of rotatable bonds is 4. The molecule has 1 saturated heterocycles. The highest BCUT2D eigenvalue weighted by molar-refractivity contribution is 7.15. The van der Waals surface area contributed by atoms with Crippen LogP contribution in [0.2, 0.25) is 0 Å². The van der Waals surface area contributed by atoms with Crippen molar-refractivity contribution in [3.05, 3.63) is 11.1 Å². The summed E-state index contributed by atoms with van der Waals surface area (Å²) in [5.74, 6) is 0.456. The summed E-state index contributed by atoms with van der Waals surface area (Å²) in [6, 6.07) is -0.0520. The van der Waals surface area contributed by atoms with Crippen molar-refractivity contribution in [2.75, 3.05) is 31.6 Å². The highest BCUT2D eigenvalue weighted by atomic mass is 32.1. The van der Waals surface area contributed by atoms with Crippen molar-refractivity contribution in [1.29, 1.82) is 0 Å². The van der Waals surface area contributed by atoms with E-state index in [0.717, 1.165) is 32.7 Å². The third kappa shape index (κ3) is 4.41. The maximum Gasteiger partial charge on any atom is 0.323 e. The van der Waals surface area contributed by atoms with Gasteiger partial charge in [0.25, 0.3) is 0 Å². The number of hydrogen-bond donors (Lipinski definition) is 1. The zero-order valence-electron chi connectivity index (χ0n) is 13.3. The van der Waals surface area contributed by atoms with Crippen LogP contribution in [0.4, 0.5) is 9.93 Å². The molecule has 1 unspecified atom stereocenters. The lowest BCUT2D eigenvalue weighted by molar-refractivity contribution is 0.113. The first kappa shape index (κ1) is 16.2. The lowest BCUT2D eigenvalue weighted by atomic mass is 9.96. The number of urea groups is 1. The Morgan fingerprint density at radius 1 is 1.57 bits per heavy atom. The molecule has 2 amide bonds. The normalized spacial score (nSPS) is 19.0. The van der Waals surface area contributed by atoms with E-state index >= 15 is 0 Å². The van der Waals surface area contributed by atoms with Crippen LogP contribution in [0.3, 0.4) is 0 Å². The van der Waals surface area contributed by atoms with Gasteiger partial charge < -0.3 is 9.64 Å². The van der Waals surface area contributed by atoms with E-state index in [1.807, 2.05) is 18.0 Å². The van der Waals surface area contributed by atoms with Crippen LogP contribution >= 0.6 is 11.3 Å². The Morgan fingerprint density at radius 2 is 2.33 bits per heavy atom. The Labute approximate surface area is 130 Å². The van der Waals surface area contributed by atoms with Crippen molar-refractivity contribution in [2.45, 2.75) is 39.5 Å². The van der Waals surface area contributed by atoms with Crippen molar-refractivity contribution in [3.8, 4) is 0 Å². The van der Waals surface area contributed by atoms with Crippen molar-refractivity contribution >= 4 is 22.5 Å². The molecule has 0 radical (unpaired) electrons. The quantitative estimate of drug-likeness (QED) is 0.928. The minimum Gasteiger partial charge on any atom is -0.381 e. The van der Waals surface area contributed by atoms with Crippen LogP contribution < -0.4 is 5.32 Å². The summed E-state index contributed by atoms with van der Waals surface area (Å²) < 4.78 is 5.44. The van der Waals surface area contributed by atoms with Crippen molar-refractivity contribution in [1.82, 2.24) is 9.88 Å². The second-order valence-corrected chi connectivity index (χ2v) is 7.50. The van der Waals surface area contributed by atoms with E-state index in [2.05, 4.69) is 31.1 Å². The Morgan fingerprint density at radius 3 is 2.95 bits per heavy atom. The second-order valence-electron chi connectivity index (χ2n) is 6.47. The number of likely N-dealkylation sites (tertiary alicyclic amines) is 1. The number of nitrogens with zero attached hydrogens (tertiary/aromatic N) is 2. The van der Waals surface area contributed by atoms with Gasteiger partial charge in [0.15, 0.2) is 5.13 Å². The zero-order chi connectivity index (χ0) is 15.5. The van der Waals surface area contributed by atoms with Gasteiger partial charge in [0.1, 0.15) is 0 Å². The van der Waals surface area contributed by atoms with Crippen LogP contribution in [0.1, 0.15) is 39.0 Å². The summed E-state index contributed by atoms with van der Waals surface area (Å²) in [5, 5.41) is 3.59. The first-order valence-corrected chi connectivity index (χ1v) is 8.31. The molecule has 1 N–H and O–H groups in total. The lowest BCUT2D eigenvalue weighted by Crippen LogP contribution is -2.33. The molecule has 21 heavy (non-hydrogen) atoms. The summed E-state index contributed by atoms with van der Waals surface area (Å²) in [4.78, 5) is 19.6. The fourth-order valence-electron chi connectivity index (χ4n) is 2.29. The van der Waals surface area contributed by atoms with Gasteiger partial charge in [-0.25, -0.2) is 9.78 Å². The van der Waals surface area contributed by atoms with Gasteiger partial charge in [0, 0.05) is 36.7 Å². The largest absolute Gasteiger partial charge is 0.381 e. The summed E-state index contributed by atoms with van der Waals surface area (Å²) in [7, 11) is 0. The SMILES string of the molecule is CCOCC1CCN(C(=O)Nc2ncc(C(C)(C)C)s2)C1. The number of carbonyl (C=O) groups excluding carboxylic acids is 1. The number of amides is 2. The molecule has 5 nitrogen and oxygen atoms in total. The molecule has 0 saturated carbocycles. The predicted molar refractivity (Wildman–Crippen MR) is 86.0 cm³/mol. The molecule has 0 aromatic carbocycles. The fourth-order valence-corrected chi connectivity index (χ4v) is 3.15. The van der Waals surface area contributed by atoms with Gasteiger partial charge in [0.2, 0.25) is 0 Å². The molecular weight excluding hydrogens is 286 g/mol. The number of hydrogen-bond acceptors (Lipinski definition) is 4. The minimum absolute atomic E-state index is 0.0520. The topological polar surface area (TPSA) is 54.5 Å². The van der Waals surface area contributed by atoms with Gasteiger partial charge in [-0.05, 0) is 18.8 Å². The average molecular weight is 311 g/mol. The maximum absolute atomic E-state index is 12.2. The van der Waals surface area contributed by atoms with Gasteiger partial charge in [-0.3, -0.25) is 5.32 Å². The Kier molecular flexibility index (Phi) is 5.22. The minimum atomic E-state index is -0.0520. The molecular formula is C15H25N3O2S. The third-order valence-electron chi connectivity index (χ3n) is 3.59. The Balaban J connectivity index is 1.86. The molecule has 1 aromatic heterocycles. The number of anilines is 1. The summed E-state index contributed by atoms with van der Waals surface area (Å²) in [5.41, 5.74) is 0.0663. The van der Waals surface area contributed by atoms with Crippen LogP contribution in [0.25, 0.3) is 0 Å². The van der Waals surface area contributed by atoms with Gasteiger partial charge in [0.05, 0.1) is 6.61 Å². The fraction of sp³-hybridized carbons (Fsp3) is 0.733. The van der Waals surface area contributed by atoms with Crippen molar-refractivity contribution < 1.29 is 9.53 Å². The third-order valence-corrected chi connectivity index (χ3v) is 4.93. The van der Waals surface area contributed by atoms with Crippen molar-refractivity contribution in [2.24, 2.45) is 5.92 Å². The van der Waals surface area contributed by atoms with E-state index < -0.39 is 0 Å². The molecule has 1 aliphatic rings. The van der Waals surface area contributed by atoms with Gasteiger partial charge in [-0.2, -0.15) is 0 Å². The molecule has 0 bridgehead atoms. The molecule has 2 heterocycles. The molecule has 6 heteroatoms.